The molecule has 0 aliphatic heterocycles. The monoisotopic (exact) mass is 342 g/mol. The van der Waals surface area contributed by atoms with Crippen molar-refractivity contribution in [3.8, 4) is 0 Å². The zero-order valence-electron chi connectivity index (χ0n) is 11.7. The molecule has 0 radical (unpaired) electrons. The fourth-order valence-corrected chi connectivity index (χ4v) is 2.23. The summed E-state index contributed by atoms with van der Waals surface area (Å²) in [6.45, 7) is 3.92. The van der Waals surface area contributed by atoms with E-state index in [0.717, 1.165) is 5.56 Å². The maximum absolute atomic E-state index is 11.8. The zero-order valence-corrected chi connectivity index (χ0v) is 13.3. The van der Waals surface area contributed by atoms with Crippen LogP contribution in [0, 0.1) is 0 Å². The molecule has 0 aliphatic carbocycles. The summed E-state index contributed by atoms with van der Waals surface area (Å²) in [4.78, 5) is 22.8. The van der Waals surface area contributed by atoms with Gasteiger partial charge in [-0.1, -0.05) is 53.2 Å². The number of esters is 2. The minimum absolute atomic E-state index is 0.283. The van der Waals surface area contributed by atoms with Crippen LogP contribution in [-0.2, 0) is 19.1 Å². The molecule has 0 spiro atoms. The summed E-state index contributed by atoms with van der Waals surface area (Å²) in [6, 6.07) is 9.17. The molecule has 0 heterocycles. The van der Waals surface area contributed by atoms with Gasteiger partial charge in [-0.2, -0.15) is 0 Å². The number of rotatable bonds is 7. The van der Waals surface area contributed by atoms with E-state index in [4.69, 9.17) is 9.47 Å². The van der Waals surface area contributed by atoms with Gasteiger partial charge in [0, 0.05) is 6.42 Å². The van der Waals surface area contributed by atoms with E-state index in [1.807, 2.05) is 37.3 Å². The molecule has 0 fully saturated rings. The minimum atomic E-state index is -0.717. The van der Waals surface area contributed by atoms with Crippen LogP contribution in [0.1, 0.15) is 38.4 Å². The second-order valence-corrected chi connectivity index (χ2v) is 5.21. The fraction of sp³-hybridized carbons (Fsp3) is 0.467. The number of hydrogen-bond acceptors (Lipinski definition) is 4. The van der Waals surface area contributed by atoms with Crippen molar-refractivity contribution in [3.05, 3.63) is 35.9 Å². The second kappa shape index (κ2) is 8.74. The average molecular weight is 343 g/mol. The van der Waals surface area contributed by atoms with Crippen molar-refractivity contribution >= 4 is 27.9 Å². The molecule has 0 bridgehead atoms. The van der Waals surface area contributed by atoms with E-state index in [2.05, 4.69) is 15.9 Å². The fourth-order valence-electron chi connectivity index (χ4n) is 1.69. The van der Waals surface area contributed by atoms with Gasteiger partial charge in [0.05, 0.1) is 6.61 Å². The number of ether oxygens (including phenoxy) is 2. The summed E-state index contributed by atoms with van der Waals surface area (Å²) in [5.74, 6) is -0.763. The van der Waals surface area contributed by atoms with Crippen molar-refractivity contribution in [1.29, 1.82) is 0 Å². The Morgan fingerprint density at radius 3 is 2.40 bits per heavy atom. The predicted octanol–water partition coefficient (Wildman–Crippen LogP) is 3.40. The van der Waals surface area contributed by atoms with E-state index in [1.54, 1.807) is 6.92 Å². The maximum Gasteiger partial charge on any atom is 0.323 e. The first-order chi connectivity index (χ1) is 9.60. The minimum Gasteiger partial charge on any atom is -0.465 e. The van der Waals surface area contributed by atoms with E-state index < -0.39 is 16.9 Å². The Bertz CT molecular complexity index is 433. The lowest BCUT2D eigenvalue weighted by molar-refractivity contribution is -0.154. The number of alkyl halides is 1. The van der Waals surface area contributed by atoms with Gasteiger partial charge in [0.15, 0.2) is 4.83 Å². The second-order valence-electron chi connectivity index (χ2n) is 4.22. The highest BCUT2D eigenvalue weighted by atomic mass is 79.9. The summed E-state index contributed by atoms with van der Waals surface area (Å²) >= 11 is 3.28. The molecule has 2 atom stereocenters. The van der Waals surface area contributed by atoms with E-state index in [0.29, 0.717) is 12.8 Å². The van der Waals surface area contributed by atoms with Crippen LogP contribution in [0.15, 0.2) is 30.3 Å². The van der Waals surface area contributed by atoms with Gasteiger partial charge >= 0.3 is 11.9 Å². The molecule has 1 aromatic carbocycles. The van der Waals surface area contributed by atoms with Crippen LogP contribution < -0.4 is 0 Å². The number of halogens is 1. The molecule has 110 valence electrons. The van der Waals surface area contributed by atoms with Crippen LogP contribution in [0.25, 0.3) is 0 Å². The Hall–Kier alpha value is -1.36. The quantitative estimate of drug-likeness (QED) is 0.562. The summed E-state index contributed by atoms with van der Waals surface area (Å²) in [5, 5.41) is 0. The van der Waals surface area contributed by atoms with Crippen molar-refractivity contribution in [1.82, 2.24) is 0 Å². The smallest absolute Gasteiger partial charge is 0.323 e. The SMILES string of the molecule is CCCC(=O)O[C@H](c1ccccc1)[C@@H](Br)C(=O)OCC. The van der Waals surface area contributed by atoms with Gasteiger partial charge in [-0.25, -0.2) is 0 Å². The maximum atomic E-state index is 11.8. The topological polar surface area (TPSA) is 52.6 Å². The Balaban J connectivity index is 2.89. The van der Waals surface area contributed by atoms with E-state index in [9.17, 15) is 9.59 Å². The third-order valence-electron chi connectivity index (χ3n) is 2.62. The van der Waals surface area contributed by atoms with Crippen LogP contribution in [0.3, 0.4) is 0 Å². The Labute approximate surface area is 127 Å². The van der Waals surface area contributed by atoms with Crippen molar-refractivity contribution in [2.24, 2.45) is 0 Å². The highest BCUT2D eigenvalue weighted by Crippen LogP contribution is 2.28. The Morgan fingerprint density at radius 1 is 1.20 bits per heavy atom. The number of carbonyl (C=O) groups is 2. The third kappa shape index (κ3) is 4.96. The largest absolute Gasteiger partial charge is 0.465 e. The molecular weight excluding hydrogens is 324 g/mol. The summed E-state index contributed by atoms with van der Waals surface area (Å²) in [5.41, 5.74) is 0.756. The molecule has 0 saturated carbocycles. The lowest BCUT2D eigenvalue weighted by Gasteiger charge is -2.22. The number of benzene rings is 1. The van der Waals surface area contributed by atoms with Gasteiger partial charge in [0.25, 0.3) is 0 Å². The van der Waals surface area contributed by atoms with Gasteiger partial charge in [0.2, 0.25) is 0 Å². The molecule has 1 aromatic rings. The first kappa shape index (κ1) is 16.7. The average Bonchev–Trinajstić information content (AvgIpc) is 2.45. The van der Waals surface area contributed by atoms with Crippen molar-refractivity contribution in [2.75, 3.05) is 6.61 Å². The summed E-state index contributed by atoms with van der Waals surface area (Å²) in [7, 11) is 0. The normalized spacial score (nSPS) is 13.3. The molecule has 0 saturated heterocycles. The standard InChI is InChI=1S/C15H19BrO4/c1-3-8-12(17)20-14(11-9-6-5-7-10-11)13(16)15(18)19-4-2/h5-7,9-10,13-14H,3-4,8H2,1-2H3/t13-,14-/m1/s1. The third-order valence-corrected chi connectivity index (χ3v) is 3.47. The molecule has 0 N–H and O–H groups in total. The molecule has 0 amide bonds. The van der Waals surface area contributed by atoms with Crippen molar-refractivity contribution in [2.45, 2.75) is 37.6 Å². The first-order valence-corrected chi connectivity index (χ1v) is 7.56. The van der Waals surface area contributed by atoms with Crippen LogP contribution in [-0.4, -0.2) is 23.4 Å². The first-order valence-electron chi connectivity index (χ1n) is 6.65. The Morgan fingerprint density at radius 2 is 1.85 bits per heavy atom. The number of hydrogen-bond donors (Lipinski definition) is 0. The highest BCUT2D eigenvalue weighted by Gasteiger charge is 2.31. The molecule has 1 rings (SSSR count). The van der Waals surface area contributed by atoms with E-state index >= 15 is 0 Å². The van der Waals surface area contributed by atoms with Gasteiger partial charge in [-0.15, -0.1) is 0 Å². The number of carbonyl (C=O) groups excluding carboxylic acids is 2. The van der Waals surface area contributed by atoms with Gasteiger partial charge in [-0.05, 0) is 18.9 Å². The lowest BCUT2D eigenvalue weighted by Crippen LogP contribution is -2.28. The molecule has 0 aromatic heterocycles. The molecule has 5 heteroatoms. The molecule has 0 unspecified atom stereocenters. The van der Waals surface area contributed by atoms with Crippen LogP contribution in [0.5, 0.6) is 0 Å². The van der Waals surface area contributed by atoms with E-state index in [1.165, 1.54) is 0 Å². The predicted molar refractivity (Wildman–Crippen MR) is 79.5 cm³/mol. The van der Waals surface area contributed by atoms with Crippen LogP contribution >= 0.6 is 15.9 Å². The van der Waals surface area contributed by atoms with Crippen molar-refractivity contribution < 1.29 is 19.1 Å². The van der Waals surface area contributed by atoms with E-state index in [-0.39, 0.29) is 12.6 Å². The highest BCUT2D eigenvalue weighted by molar-refractivity contribution is 9.10. The molecule has 20 heavy (non-hydrogen) atoms. The van der Waals surface area contributed by atoms with Crippen LogP contribution in [0.4, 0.5) is 0 Å². The summed E-state index contributed by atoms with van der Waals surface area (Å²) < 4.78 is 10.4. The van der Waals surface area contributed by atoms with Crippen LogP contribution in [0.2, 0.25) is 0 Å². The summed E-state index contributed by atoms with van der Waals surface area (Å²) in [6.07, 6.45) is 0.341. The lowest BCUT2D eigenvalue weighted by atomic mass is 10.1. The Kier molecular flexibility index (Phi) is 7.30. The molecule has 0 aliphatic rings. The van der Waals surface area contributed by atoms with Crippen molar-refractivity contribution in [3.63, 3.8) is 0 Å². The molecule has 4 nitrogen and oxygen atoms in total. The van der Waals surface area contributed by atoms with Gasteiger partial charge in [0.1, 0.15) is 6.10 Å². The molecular formula is C15H19BrO4. The van der Waals surface area contributed by atoms with Gasteiger partial charge in [-0.3, -0.25) is 9.59 Å². The van der Waals surface area contributed by atoms with Gasteiger partial charge < -0.3 is 9.47 Å². The zero-order chi connectivity index (χ0) is 15.0.